The highest BCUT2D eigenvalue weighted by atomic mass is 16.3. The minimum absolute atomic E-state index is 0.198. The number of rotatable bonds is 2. The number of hydrogen-bond acceptors (Lipinski definition) is 2. The quantitative estimate of drug-likeness (QED) is 0.905. The van der Waals surface area contributed by atoms with Gasteiger partial charge in [-0.1, -0.05) is 26.0 Å². The molecule has 1 aromatic rings. The predicted octanol–water partition coefficient (Wildman–Crippen LogP) is 3.47. The van der Waals surface area contributed by atoms with E-state index in [1.165, 1.54) is 5.56 Å². The first kappa shape index (κ1) is 14.6. The van der Waals surface area contributed by atoms with Gasteiger partial charge in [0.1, 0.15) is 0 Å². The summed E-state index contributed by atoms with van der Waals surface area (Å²) >= 11 is 0. The number of aliphatic hydroxyl groups is 1. The number of aliphatic hydroxyl groups excluding tert-OH is 1. The lowest BCUT2D eigenvalue weighted by atomic mass is 9.72. The molecular weight excluding hydrogens is 262 g/mol. The molecule has 0 bridgehead atoms. The van der Waals surface area contributed by atoms with Gasteiger partial charge in [0.2, 0.25) is 5.91 Å². The summed E-state index contributed by atoms with van der Waals surface area (Å²) < 4.78 is 0. The van der Waals surface area contributed by atoms with Crippen molar-refractivity contribution in [2.45, 2.75) is 58.0 Å². The lowest BCUT2D eigenvalue weighted by Gasteiger charge is -2.33. The van der Waals surface area contributed by atoms with Gasteiger partial charge < -0.3 is 10.0 Å². The van der Waals surface area contributed by atoms with Crippen molar-refractivity contribution in [1.29, 1.82) is 0 Å². The monoisotopic (exact) mass is 287 g/mol. The molecule has 21 heavy (non-hydrogen) atoms. The van der Waals surface area contributed by atoms with E-state index in [0.717, 1.165) is 44.3 Å². The number of hydrogen-bond donors (Lipinski definition) is 1. The molecule has 1 N–H and O–H groups in total. The molecule has 3 rings (SSSR count). The Morgan fingerprint density at radius 3 is 2.33 bits per heavy atom. The number of carbonyl (C=O) groups is 1. The average molecular weight is 287 g/mol. The molecule has 1 saturated carbocycles. The lowest BCUT2D eigenvalue weighted by molar-refractivity contribution is -0.128. The maximum atomic E-state index is 12.9. The minimum Gasteiger partial charge on any atom is -0.393 e. The first-order valence-corrected chi connectivity index (χ1v) is 8.12. The summed E-state index contributed by atoms with van der Waals surface area (Å²) in [6, 6.07) is 8.40. The van der Waals surface area contributed by atoms with E-state index in [9.17, 15) is 9.90 Å². The van der Waals surface area contributed by atoms with Crippen molar-refractivity contribution in [3.8, 4) is 0 Å². The maximum Gasteiger partial charge on any atom is 0.233 e. The molecule has 114 valence electrons. The zero-order chi connectivity index (χ0) is 15.0. The molecule has 0 aromatic heterocycles. The highest BCUT2D eigenvalue weighted by Gasteiger charge is 2.48. The number of carbonyl (C=O) groups excluding carboxylic acids is 1. The zero-order valence-corrected chi connectivity index (χ0v) is 13.0. The topological polar surface area (TPSA) is 40.5 Å². The van der Waals surface area contributed by atoms with Gasteiger partial charge >= 0.3 is 0 Å². The molecule has 3 heteroatoms. The number of amides is 1. The van der Waals surface area contributed by atoms with Gasteiger partial charge in [0.25, 0.3) is 0 Å². The van der Waals surface area contributed by atoms with Crippen LogP contribution >= 0.6 is 0 Å². The van der Waals surface area contributed by atoms with Crippen LogP contribution in [0.2, 0.25) is 0 Å². The van der Waals surface area contributed by atoms with Crippen LogP contribution in [0.5, 0.6) is 0 Å². The molecule has 1 amide bonds. The smallest absolute Gasteiger partial charge is 0.233 e. The van der Waals surface area contributed by atoms with Crippen molar-refractivity contribution in [1.82, 2.24) is 0 Å². The molecule has 1 spiro atoms. The number of anilines is 1. The third-order valence-corrected chi connectivity index (χ3v) is 5.30. The van der Waals surface area contributed by atoms with E-state index in [4.69, 9.17) is 0 Å². The molecule has 1 aromatic carbocycles. The van der Waals surface area contributed by atoms with Crippen molar-refractivity contribution in [3.63, 3.8) is 0 Å². The van der Waals surface area contributed by atoms with Crippen LogP contribution in [0.4, 0.5) is 5.69 Å². The lowest BCUT2D eigenvalue weighted by Crippen LogP contribution is -2.38. The molecule has 1 heterocycles. The second-order valence-electron chi connectivity index (χ2n) is 6.96. The highest BCUT2D eigenvalue weighted by molar-refractivity contribution is 5.99. The Morgan fingerprint density at radius 1 is 1.14 bits per heavy atom. The van der Waals surface area contributed by atoms with E-state index in [-0.39, 0.29) is 17.4 Å². The fourth-order valence-corrected chi connectivity index (χ4v) is 3.73. The molecule has 0 atom stereocenters. The average Bonchev–Trinajstić information content (AvgIpc) is 2.80. The molecule has 1 aliphatic heterocycles. The van der Waals surface area contributed by atoms with Gasteiger partial charge in [-0.2, -0.15) is 0 Å². The first-order chi connectivity index (χ1) is 10.0. The Labute approximate surface area is 127 Å². The molecule has 0 unspecified atom stereocenters. The van der Waals surface area contributed by atoms with Gasteiger partial charge in [-0.3, -0.25) is 4.79 Å². The van der Waals surface area contributed by atoms with Crippen molar-refractivity contribution in [2.24, 2.45) is 5.41 Å². The SMILES string of the molecule is CC(C)c1ccc(N2CC[C@]3(CC[C@H](O)CC3)C2=O)cc1. The van der Waals surface area contributed by atoms with Crippen molar-refractivity contribution in [2.75, 3.05) is 11.4 Å². The van der Waals surface area contributed by atoms with Crippen LogP contribution in [0.15, 0.2) is 24.3 Å². The fraction of sp³-hybridized carbons (Fsp3) is 0.611. The van der Waals surface area contributed by atoms with Crippen molar-refractivity contribution in [3.05, 3.63) is 29.8 Å². The predicted molar refractivity (Wildman–Crippen MR) is 84.4 cm³/mol. The highest BCUT2D eigenvalue weighted by Crippen LogP contribution is 2.46. The Kier molecular flexibility index (Phi) is 3.78. The summed E-state index contributed by atoms with van der Waals surface area (Å²) in [5.74, 6) is 0.784. The molecule has 2 fully saturated rings. The van der Waals surface area contributed by atoms with Crippen LogP contribution in [-0.4, -0.2) is 23.7 Å². The molecule has 2 aliphatic rings. The van der Waals surface area contributed by atoms with E-state index < -0.39 is 0 Å². The normalized spacial score (nSPS) is 29.6. The molecule has 1 saturated heterocycles. The van der Waals surface area contributed by atoms with Crippen LogP contribution in [0.3, 0.4) is 0 Å². The van der Waals surface area contributed by atoms with E-state index in [0.29, 0.717) is 5.92 Å². The summed E-state index contributed by atoms with van der Waals surface area (Å²) in [7, 11) is 0. The molecule has 1 aliphatic carbocycles. The fourth-order valence-electron chi connectivity index (χ4n) is 3.73. The van der Waals surface area contributed by atoms with Crippen molar-refractivity contribution < 1.29 is 9.90 Å². The Bertz CT molecular complexity index is 513. The molecule has 0 radical (unpaired) electrons. The molecular formula is C18H25NO2. The van der Waals surface area contributed by atoms with Gasteiger partial charge in [-0.15, -0.1) is 0 Å². The summed E-state index contributed by atoms with van der Waals surface area (Å²) in [6.45, 7) is 5.17. The standard InChI is InChI=1S/C18H25NO2/c1-13(2)14-3-5-15(6-4-14)19-12-11-18(17(19)21)9-7-16(20)8-10-18/h3-6,13,16,20H,7-12H2,1-2H3/t16-,18+. The maximum absolute atomic E-state index is 12.9. The summed E-state index contributed by atoms with van der Waals surface area (Å²) in [5.41, 5.74) is 2.13. The van der Waals surface area contributed by atoms with E-state index >= 15 is 0 Å². The van der Waals surface area contributed by atoms with Crippen molar-refractivity contribution >= 4 is 11.6 Å². The number of benzene rings is 1. The summed E-state index contributed by atoms with van der Waals surface area (Å²) in [4.78, 5) is 14.8. The largest absolute Gasteiger partial charge is 0.393 e. The second kappa shape index (κ2) is 5.45. The summed E-state index contributed by atoms with van der Waals surface area (Å²) in [5, 5.41) is 9.68. The van der Waals surface area contributed by atoms with E-state index in [2.05, 4.69) is 38.1 Å². The third kappa shape index (κ3) is 2.59. The van der Waals surface area contributed by atoms with Crippen LogP contribution in [0.25, 0.3) is 0 Å². The van der Waals surface area contributed by atoms with E-state index in [1.54, 1.807) is 0 Å². The second-order valence-corrected chi connectivity index (χ2v) is 6.96. The van der Waals surface area contributed by atoms with Gasteiger partial charge in [0.05, 0.1) is 11.5 Å². The minimum atomic E-state index is -0.206. The van der Waals surface area contributed by atoms with Crippen LogP contribution in [-0.2, 0) is 4.79 Å². The third-order valence-electron chi connectivity index (χ3n) is 5.30. The first-order valence-electron chi connectivity index (χ1n) is 8.12. The van der Waals surface area contributed by atoms with Crippen LogP contribution in [0.1, 0.15) is 57.4 Å². The van der Waals surface area contributed by atoms with E-state index in [1.807, 2.05) is 4.90 Å². The molecule has 3 nitrogen and oxygen atoms in total. The van der Waals surface area contributed by atoms with Gasteiger partial charge in [-0.25, -0.2) is 0 Å². The Morgan fingerprint density at radius 2 is 1.76 bits per heavy atom. The van der Waals surface area contributed by atoms with Gasteiger partial charge in [0.15, 0.2) is 0 Å². The van der Waals surface area contributed by atoms with Gasteiger partial charge in [0, 0.05) is 12.2 Å². The van der Waals surface area contributed by atoms with Gasteiger partial charge in [-0.05, 0) is 55.7 Å². The Balaban J connectivity index is 1.77. The van der Waals surface area contributed by atoms with Crippen LogP contribution < -0.4 is 4.90 Å². The summed E-state index contributed by atoms with van der Waals surface area (Å²) in [6.07, 6.45) is 3.95. The number of nitrogens with zero attached hydrogens (tertiary/aromatic N) is 1. The van der Waals surface area contributed by atoms with Crippen LogP contribution in [0, 0.1) is 5.41 Å². The zero-order valence-electron chi connectivity index (χ0n) is 13.0. The Hall–Kier alpha value is -1.35.